The molecule has 6 nitrogen and oxygen atoms in total. The zero-order valence-electron chi connectivity index (χ0n) is 9.75. The fraction of sp³-hybridized carbons (Fsp3) is 0.300. The molecule has 19 heavy (non-hydrogen) atoms. The molecule has 1 aromatic rings. The van der Waals surface area contributed by atoms with E-state index in [9.17, 15) is 28.1 Å². The molecule has 0 radical (unpaired) electrons. The number of anilines is 1. The van der Waals surface area contributed by atoms with Gasteiger partial charge in [-0.25, -0.2) is 0 Å². The summed E-state index contributed by atoms with van der Waals surface area (Å²) in [4.78, 5) is 20.7. The first kappa shape index (κ1) is 14.7. The van der Waals surface area contributed by atoms with Gasteiger partial charge in [-0.15, -0.1) is 0 Å². The van der Waals surface area contributed by atoms with Crippen LogP contribution >= 0.6 is 0 Å². The Labute approximate surface area is 105 Å². The van der Waals surface area contributed by atoms with Gasteiger partial charge in [0.1, 0.15) is 5.69 Å². The van der Waals surface area contributed by atoms with Crippen molar-refractivity contribution in [2.75, 3.05) is 18.9 Å². The lowest BCUT2D eigenvalue weighted by molar-refractivity contribution is -0.384. The maximum absolute atomic E-state index is 12.4. The molecule has 1 aromatic carbocycles. The fourth-order valence-corrected chi connectivity index (χ4v) is 1.27. The van der Waals surface area contributed by atoms with Gasteiger partial charge in [-0.05, 0) is 12.1 Å². The Kier molecular flexibility index (Phi) is 4.30. The summed E-state index contributed by atoms with van der Waals surface area (Å²) in [5.74, 6) is -0.450. The van der Waals surface area contributed by atoms with Gasteiger partial charge in [0, 0.05) is 13.1 Å². The second kappa shape index (κ2) is 5.55. The molecule has 1 rings (SSSR count). The van der Waals surface area contributed by atoms with E-state index in [0.29, 0.717) is 12.1 Å². The SMILES string of the molecule is CNC(=O)CNc1ccc(C(F)(F)F)cc1[N+](=O)[O-]. The van der Waals surface area contributed by atoms with E-state index < -0.39 is 28.3 Å². The van der Waals surface area contributed by atoms with E-state index in [4.69, 9.17) is 0 Å². The number of carbonyl (C=O) groups is 1. The molecule has 0 bridgehead atoms. The van der Waals surface area contributed by atoms with Crippen LogP contribution in [0.15, 0.2) is 18.2 Å². The minimum Gasteiger partial charge on any atom is -0.371 e. The van der Waals surface area contributed by atoms with Crippen molar-refractivity contribution in [2.45, 2.75) is 6.18 Å². The number of likely N-dealkylation sites (N-methyl/N-ethyl adjacent to an activating group) is 1. The molecule has 2 N–H and O–H groups in total. The van der Waals surface area contributed by atoms with Crippen LogP contribution in [-0.4, -0.2) is 24.4 Å². The van der Waals surface area contributed by atoms with E-state index in [1.807, 2.05) is 0 Å². The van der Waals surface area contributed by atoms with Gasteiger partial charge in [0.05, 0.1) is 17.0 Å². The smallest absolute Gasteiger partial charge is 0.371 e. The summed E-state index contributed by atoms with van der Waals surface area (Å²) in [5, 5.41) is 15.4. The Hall–Kier alpha value is -2.32. The number of nitrogens with one attached hydrogen (secondary N) is 2. The normalized spacial score (nSPS) is 10.9. The molecular formula is C10H10F3N3O3. The van der Waals surface area contributed by atoms with E-state index in [-0.39, 0.29) is 12.2 Å². The van der Waals surface area contributed by atoms with E-state index >= 15 is 0 Å². The number of amides is 1. The highest BCUT2D eigenvalue weighted by Crippen LogP contribution is 2.34. The maximum Gasteiger partial charge on any atom is 0.416 e. The van der Waals surface area contributed by atoms with E-state index in [2.05, 4.69) is 10.6 Å². The molecule has 104 valence electrons. The van der Waals surface area contributed by atoms with Crippen LogP contribution in [0.3, 0.4) is 0 Å². The van der Waals surface area contributed by atoms with Crippen LogP contribution in [0, 0.1) is 10.1 Å². The van der Waals surface area contributed by atoms with Crippen molar-refractivity contribution in [3.63, 3.8) is 0 Å². The third kappa shape index (κ3) is 3.83. The molecule has 1 amide bonds. The summed E-state index contributed by atoms with van der Waals surface area (Å²) in [5.41, 5.74) is -2.01. The number of benzene rings is 1. The molecule has 0 unspecified atom stereocenters. The Balaban J connectivity index is 3.05. The van der Waals surface area contributed by atoms with Crippen molar-refractivity contribution >= 4 is 17.3 Å². The number of alkyl halides is 3. The van der Waals surface area contributed by atoms with Gasteiger partial charge < -0.3 is 10.6 Å². The molecule has 0 fully saturated rings. The molecule has 0 atom stereocenters. The van der Waals surface area contributed by atoms with Gasteiger partial charge in [0.25, 0.3) is 5.69 Å². The third-order valence-electron chi connectivity index (χ3n) is 2.24. The van der Waals surface area contributed by atoms with E-state index in [0.717, 1.165) is 6.07 Å². The molecule has 0 saturated heterocycles. The fourth-order valence-electron chi connectivity index (χ4n) is 1.27. The van der Waals surface area contributed by atoms with Crippen LogP contribution in [0.2, 0.25) is 0 Å². The lowest BCUT2D eigenvalue weighted by atomic mass is 10.1. The topological polar surface area (TPSA) is 84.3 Å². The van der Waals surface area contributed by atoms with E-state index in [1.54, 1.807) is 0 Å². The van der Waals surface area contributed by atoms with Gasteiger partial charge in [0.2, 0.25) is 5.91 Å². The Morgan fingerprint density at radius 2 is 2.05 bits per heavy atom. The number of nitro groups is 1. The van der Waals surface area contributed by atoms with Crippen molar-refractivity contribution in [3.8, 4) is 0 Å². The van der Waals surface area contributed by atoms with Gasteiger partial charge >= 0.3 is 6.18 Å². The van der Waals surface area contributed by atoms with Crippen molar-refractivity contribution < 1.29 is 22.9 Å². The first-order valence-corrected chi connectivity index (χ1v) is 5.05. The van der Waals surface area contributed by atoms with Crippen molar-refractivity contribution in [2.24, 2.45) is 0 Å². The lowest BCUT2D eigenvalue weighted by Crippen LogP contribution is -2.26. The predicted octanol–water partition coefficient (Wildman–Crippen LogP) is 1.77. The summed E-state index contributed by atoms with van der Waals surface area (Å²) >= 11 is 0. The minimum atomic E-state index is -4.66. The molecule has 0 heterocycles. The average molecular weight is 277 g/mol. The molecule has 0 aliphatic heterocycles. The molecule has 0 spiro atoms. The second-order valence-electron chi connectivity index (χ2n) is 3.51. The van der Waals surface area contributed by atoms with Gasteiger partial charge in [-0.2, -0.15) is 13.2 Å². The summed E-state index contributed by atoms with van der Waals surface area (Å²) < 4.78 is 37.3. The lowest BCUT2D eigenvalue weighted by Gasteiger charge is -2.10. The largest absolute Gasteiger partial charge is 0.416 e. The van der Waals surface area contributed by atoms with Crippen LogP contribution in [0.1, 0.15) is 5.56 Å². The summed E-state index contributed by atoms with van der Waals surface area (Å²) in [6.45, 7) is -0.275. The molecule has 0 aliphatic carbocycles. The molecule has 9 heteroatoms. The summed E-state index contributed by atoms with van der Waals surface area (Å²) in [7, 11) is 1.37. The van der Waals surface area contributed by atoms with Gasteiger partial charge in [-0.1, -0.05) is 0 Å². The molecule has 0 aromatic heterocycles. The Morgan fingerprint density at radius 3 is 2.53 bits per heavy atom. The first-order valence-electron chi connectivity index (χ1n) is 5.05. The van der Waals surface area contributed by atoms with Crippen LogP contribution in [0.4, 0.5) is 24.5 Å². The molecule has 0 saturated carbocycles. The van der Waals surface area contributed by atoms with E-state index in [1.165, 1.54) is 7.05 Å². The monoisotopic (exact) mass is 277 g/mol. The standard InChI is InChI=1S/C10H10F3N3O3/c1-14-9(17)5-15-7-3-2-6(10(11,12)13)4-8(7)16(18)19/h2-4,15H,5H2,1H3,(H,14,17). The van der Waals surface area contributed by atoms with Crippen molar-refractivity contribution in [1.29, 1.82) is 0 Å². The van der Waals surface area contributed by atoms with Crippen molar-refractivity contribution in [3.05, 3.63) is 33.9 Å². The van der Waals surface area contributed by atoms with Crippen molar-refractivity contribution in [1.82, 2.24) is 5.32 Å². The van der Waals surface area contributed by atoms with Crippen LogP contribution in [-0.2, 0) is 11.0 Å². The molecule has 0 aliphatic rings. The predicted molar refractivity (Wildman–Crippen MR) is 60.7 cm³/mol. The Bertz CT molecular complexity index is 503. The van der Waals surface area contributed by atoms with Crippen LogP contribution in [0.25, 0.3) is 0 Å². The number of nitro benzene ring substituents is 1. The maximum atomic E-state index is 12.4. The number of hydrogen-bond acceptors (Lipinski definition) is 4. The number of rotatable bonds is 4. The first-order chi connectivity index (χ1) is 8.75. The second-order valence-corrected chi connectivity index (χ2v) is 3.51. The number of halogens is 3. The number of hydrogen-bond donors (Lipinski definition) is 2. The highest BCUT2D eigenvalue weighted by molar-refractivity contribution is 5.81. The Morgan fingerprint density at radius 1 is 1.42 bits per heavy atom. The number of carbonyl (C=O) groups excluding carboxylic acids is 1. The highest BCUT2D eigenvalue weighted by Gasteiger charge is 2.33. The third-order valence-corrected chi connectivity index (χ3v) is 2.24. The zero-order valence-corrected chi connectivity index (χ0v) is 9.75. The summed E-state index contributed by atoms with van der Waals surface area (Å²) in [6, 6.07) is 2.05. The van der Waals surface area contributed by atoms with Crippen LogP contribution in [0.5, 0.6) is 0 Å². The zero-order chi connectivity index (χ0) is 14.6. The summed E-state index contributed by atoms with van der Waals surface area (Å²) in [6.07, 6.45) is -4.66. The highest BCUT2D eigenvalue weighted by atomic mass is 19.4. The van der Waals surface area contributed by atoms with Gasteiger partial charge in [-0.3, -0.25) is 14.9 Å². The molecular weight excluding hydrogens is 267 g/mol. The quantitative estimate of drug-likeness (QED) is 0.649. The average Bonchev–Trinajstić information content (AvgIpc) is 2.34. The number of nitrogens with zero attached hydrogens (tertiary/aromatic N) is 1. The minimum absolute atomic E-state index is 0.151. The van der Waals surface area contributed by atoms with Crippen LogP contribution < -0.4 is 10.6 Å². The van der Waals surface area contributed by atoms with Gasteiger partial charge in [0.15, 0.2) is 0 Å².